The van der Waals surface area contributed by atoms with Crippen LogP contribution in [0.15, 0.2) is 47.0 Å². The van der Waals surface area contributed by atoms with Gasteiger partial charge < -0.3 is 24.1 Å². The van der Waals surface area contributed by atoms with Crippen molar-refractivity contribution in [2.45, 2.75) is 44.7 Å². The molecule has 1 saturated carbocycles. The molecule has 3 unspecified atom stereocenters. The molecule has 1 N–H and O–H groups in total. The Kier molecular flexibility index (Phi) is 5.71. The second-order valence-corrected chi connectivity index (χ2v) is 9.20. The van der Waals surface area contributed by atoms with Crippen LogP contribution in [-0.2, 0) is 11.3 Å². The van der Waals surface area contributed by atoms with Crippen molar-refractivity contribution in [3.8, 4) is 28.6 Å². The second-order valence-electron chi connectivity index (χ2n) is 9.20. The normalized spacial score (nSPS) is 22.8. The fourth-order valence-corrected chi connectivity index (χ4v) is 5.17. The number of hydrogen-bond donors (Lipinski definition) is 1. The van der Waals surface area contributed by atoms with Crippen LogP contribution in [0.3, 0.4) is 0 Å². The summed E-state index contributed by atoms with van der Waals surface area (Å²) in [4.78, 5) is 32.1. The van der Waals surface area contributed by atoms with Gasteiger partial charge >= 0.3 is 6.03 Å². The number of carbonyl (C=O) groups excluding carboxylic acids is 2. The molecule has 10 heteroatoms. The lowest BCUT2D eigenvalue weighted by Crippen LogP contribution is -2.60. The first kappa shape index (κ1) is 22.4. The highest BCUT2D eigenvalue weighted by Gasteiger charge is 2.45. The van der Waals surface area contributed by atoms with E-state index >= 15 is 0 Å². The van der Waals surface area contributed by atoms with Gasteiger partial charge in [-0.05, 0) is 56.0 Å². The van der Waals surface area contributed by atoms with Crippen molar-refractivity contribution in [1.29, 1.82) is 0 Å². The molecule has 186 valence electrons. The molecule has 3 aliphatic rings. The van der Waals surface area contributed by atoms with Gasteiger partial charge in [0.05, 0.1) is 19.1 Å². The highest BCUT2D eigenvalue weighted by molar-refractivity contribution is 5.98. The van der Waals surface area contributed by atoms with Gasteiger partial charge in [0.25, 0.3) is 0 Å². The van der Waals surface area contributed by atoms with E-state index < -0.39 is 6.03 Å². The van der Waals surface area contributed by atoms with Crippen molar-refractivity contribution in [3.05, 3.63) is 53.9 Å². The first-order valence-electron chi connectivity index (χ1n) is 12.2. The number of nitrogens with one attached hydrogen (secondary N) is 1. The molecule has 0 bridgehead atoms. The molecule has 0 spiro atoms. The number of urea groups is 1. The number of ether oxygens (including phenoxy) is 3. The third-order valence-electron chi connectivity index (χ3n) is 6.96. The SMILES string of the molecule is CCOc1cccc(-c2noc(C3CCC4C(=O)N(Cc5ccc6c(c5)OCO6)C(=O)NC4C3)n2)c1. The third-order valence-corrected chi connectivity index (χ3v) is 6.96. The van der Waals surface area contributed by atoms with Gasteiger partial charge in [-0.3, -0.25) is 9.69 Å². The van der Waals surface area contributed by atoms with Gasteiger partial charge in [-0.2, -0.15) is 4.98 Å². The number of hydrogen-bond acceptors (Lipinski definition) is 8. The molecular weight excluding hydrogens is 464 g/mol. The highest BCUT2D eigenvalue weighted by atomic mass is 16.7. The van der Waals surface area contributed by atoms with Gasteiger partial charge in [-0.25, -0.2) is 4.79 Å². The monoisotopic (exact) mass is 490 g/mol. The molecular formula is C26H26N4O6. The summed E-state index contributed by atoms with van der Waals surface area (Å²) in [6.45, 7) is 2.86. The van der Waals surface area contributed by atoms with Gasteiger partial charge in [0, 0.05) is 17.5 Å². The van der Waals surface area contributed by atoms with E-state index in [0.717, 1.165) is 23.3 Å². The van der Waals surface area contributed by atoms with E-state index in [4.69, 9.17) is 18.7 Å². The lowest BCUT2D eigenvalue weighted by Gasteiger charge is -2.41. The van der Waals surface area contributed by atoms with E-state index in [1.165, 1.54) is 4.90 Å². The molecule has 3 heterocycles. The molecule has 3 atom stereocenters. The molecule has 1 saturated heterocycles. The molecule has 3 amide bonds. The zero-order chi connectivity index (χ0) is 24.6. The van der Waals surface area contributed by atoms with E-state index in [1.54, 1.807) is 6.07 Å². The summed E-state index contributed by atoms with van der Waals surface area (Å²) in [5.74, 6) is 2.59. The molecule has 10 nitrogen and oxygen atoms in total. The standard InChI is InChI=1S/C26H26N4O6/c1-2-33-18-5-3-4-16(11-18)23-28-24(36-29-23)17-7-8-19-20(12-17)27-26(32)30(25(19)31)13-15-6-9-21-22(10-15)35-14-34-21/h3-6,9-11,17,19-20H,2,7-8,12-14H2,1H3,(H,27,32). The quantitative estimate of drug-likeness (QED) is 0.554. The van der Waals surface area contributed by atoms with Crippen LogP contribution >= 0.6 is 0 Å². The van der Waals surface area contributed by atoms with E-state index in [0.29, 0.717) is 42.7 Å². The maximum Gasteiger partial charge on any atom is 0.324 e. The fourth-order valence-electron chi connectivity index (χ4n) is 5.17. The summed E-state index contributed by atoms with van der Waals surface area (Å²) >= 11 is 0. The maximum absolute atomic E-state index is 13.3. The maximum atomic E-state index is 13.3. The number of amides is 3. The molecule has 3 aromatic rings. The van der Waals surface area contributed by atoms with Gasteiger partial charge in [-0.1, -0.05) is 23.4 Å². The number of imide groups is 1. The smallest absolute Gasteiger partial charge is 0.324 e. The number of rotatable bonds is 6. The summed E-state index contributed by atoms with van der Waals surface area (Å²) in [6.07, 6.45) is 1.92. The summed E-state index contributed by atoms with van der Waals surface area (Å²) in [5, 5.41) is 7.19. The van der Waals surface area contributed by atoms with Crippen LogP contribution in [-0.4, -0.2) is 46.4 Å². The Morgan fingerprint density at radius 2 is 2.00 bits per heavy atom. The minimum Gasteiger partial charge on any atom is -0.494 e. The zero-order valence-corrected chi connectivity index (χ0v) is 19.8. The summed E-state index contributed by atoms with van der Waals surface area (Å²) < 4.78 is 21.9. The lowest BCUT2D eigenvalue weighted by atomic mass is 9.76. The lowest BCUT2D eigenvalue weighted by molar-refractivity contribution is -0.137. The second kappa shape index (κ2) is 9.18. The predicted octanol–water partition coefficient (Wildman–Crippen LogP) is 3.87. The van der Waals surface area contributed by atoms with Crippen LogP contribution in [0.1, 0.15) is 43.6 Å². The van der Waals surface area contributed by atoms with E-state index in [-0.39, 0.29) is 37.1 Å². The fraction of sp³-hybridized carbons (Fsp3) is 0.385. The van der Waals surface area contributed by atoms with E-state index in [1.807, 2.05) is 43.3 Å². The van der Waals surface area contributed by atoms with Crippen molar-refractivity contribution in [2.75, 3.05) is 13.4 Å². The van der Waals surface area contributed by atoms with Crippen molar-refractivity contribution < 1.29 is 28.3 Å². The molecule has 0 radical (unpaired) electrons. The number of nitrogens with zero attached hydrogens (tertiary/aromatic N) is 3. The average molecular weight is 491 g/mol. The number of carbonyl (C=O) groups is 2. The predicted molar refractivity (Wildman–Crippen MR) is 126 cm³/mol. The number of aromatic nitrogens is 2. The van der Waals surface area contributed by atoms with Crippen LogP contribution in [0.25, 0.3) is 11.4 Å². The number of benzene rings is 2. The van der Waals surface area contributed by atoms with Crippen LogP contribution < -0.4 is 19.5 Å². The van der Waals surface area contributed by atoms with E-state index in [2.05, 4.69) is 15.5 Å². The molecule has 2 aromatic carbocycles. The third kappa shape index (κ3) is 4.12. The topological polar surface area (TPSA) is 116 Å². The minimum atomic E-state index is -0.390. The largest absolute Gasteiger partial charge is 0.494 e. The van der Waals surface area contributed by atoms with Crippen LogP contribution in [0, 0.1) is 5.92 Å². The van der Waals surface area contributed by atoms with Gasteiger partial charge in [0.15, 0.2) is 11.5 Å². The van der Waals surface area contributed by atoms with E-state index in [9.17, 15) is 9.59 Å². The Morgan fingerprint density at radius 3 is 2.89 bits per heavy atom. The van der Waals surface area contributed by atoms with Gasteiger partial charge in [-0.15, -0.1) is 0 Å². The van der Waals surface area contributed by atoms with Crippen LogP contribution in [0.2, 0.25) is 0 Å². The summed E-state index contributed by atoms with van der Waals surface area (Å²) in [6, 6.07) is 12.3. The Balaban J connectivity index is 1.13. The van der Waals surface area contributed by atoms with Crippen LogP contribution in [0.4, 0.5) is 4.79 Å². The molecule has 1 aliphatic carbocycles. The summed E-state index contributed by atoms with van der Waals surface area (Å²) in [7, 11) is 0. The van der Waals surface area contributed by atoms with Crippen molar-refractivity contribution in [3.63, 3.8) is 0 Å². The Bertz CT molecular complexity index is 1310. The van der Waals surface area contributed by atoms with Crippen LogP contribution in [0.5, 0.6) is 17.2 Å². The number of fused-ring (bicyclic) bond motifs is 2. The molecule has 2 aliphatic heterocycles. The average Bonchev–Trinajstić information content (AvgIpc) is 3.56. The molecule has 1 aromatic heterocycles. The molecule has 36 heavy (non-hydrogen) atoms. The Hall–Kier alpha value is -4.08. The Morgan fingerprint density at radius 1 is 1.11 bits per heavy atom. The van der Waals surface area contributed by atoms with Gasteiger partial charge in [0.2, 0.25) is 24.4 Å². The highest BCUT2D eigenvalue weighted by Crippen LogP contribution is 2.39. The Labute approximate surface area is 207 Å². The summed E-state index contributed by atoms with van der Waals surface area (Å²) in [5.41, 5.74) is 1.62. The van der Waals surface area contributed by atoms with Crippen molar-refractivity contribution in [1.82, 2.24) is 20.4 Å². The van der Waals surface area contributed by atoms with Crippen molar-refractivity contribution in [2.24, 2.45) is 5.92 Å². The zero-order valence-electron chi connectivity index (χ0n) is 19.8. The van der Waals surface area contributed by atoms with Crippen molar-refractivity contribution >= 4 is 11.9 Å². The molecule has 6 rings (SSSR count). The first-order chi connectivity index (χ1) is 17.6. The first-order valence-corrected chi connectivity index (χ1v) is 12.2. The molecule has 2 fully saturated rings. The van der Waals surface area contributed by atoms with Gasteiger partial charge in [0.1, 0.15) is 5.75 Å². The minimum absolute atomic E-state index is 0.0314.